The Morgan fingerprint density at radius 2 is 2.31 bits per heavy atom. The van der Waals surface area contributed by atoms with E-state index >= 15 is 0 Å². The van der Waals surface area contributed by atoms with Gasteiger partial charge in [-0.3, -0.25) is 4.79 Å². The van der Waals surface area contributed by atoms with Crippen LogP contribution in [-0.2, 0) is 19.4 Å². The molecule has 13 heavy (non-hydrogen) atoms. The zero-order valence-electron chi connectivity index (χ0n) is 7.31. The van der Waals surface area contributed by atoms with E-state index in [2.05, 4.69) is 0 Å². The van der Waals surface area contributed by atoms with Gasteiger partial charge >= 0.3 is 5.97 Å². The van der Waals surface area contributed by atoms with Crippen molar-refractivity contribution in [3.63, 3.8) is 0 Å². The maximum Gasteiger partial charge on any atom is 0.303 e. The first kappa shape index (κ1) is 10.6. The normalized spacial score (nSPS) is 25.4. The summed E-state index contributed by atoms with van der Waals surface area (Å²) >= 11 is 1.29. The van der Waals surface area contributed by atoms with Crippen LogP contribution in [0.5, 0.6) is 0 Å². The van der Waals surface area contributed by atoms with Gasteiger partial charge in [0.2, 0.25) is 0 Å². The van der Waals surface area contributed by atoms with Gasteiger partial charge in [0.1, 0.15) is 6.10 Å². The lowest BCUT2D eigenvalue weighted by atomic mass is 10.4. The summed E-state index contributed by atoms with van der Waals surface area (Å²) in [7, 11) is -3.16. The predicted molar refractivity (Wildman–Crippen MR) is 50.9 cm³/mol. The summed E-state index contributed by atoms with van der Waals surface area (Å²) in [6.45, 7) is 1.27. The average molecular weight is 222 g/mol. The molecule has 0 aromatic heterocycles. The second-order valence-corrected chi connectivity index (χ2v) is 5.43. The molecule has 0 amide bonds. The fraction of sp³-hybridized carbons (Fsp3) is 0.571. The summed E-state index contributed by atoms with van der Waals surface area (Å²) in [4.78, 5) is 11.2. The number of rotatable bonds is 2. The van der Waals surface area contributed by atoms with Crippen molar-refractivity contribution in [1.29, 1.82) is 0 Å². The molecular formula is C7H10O4S2. The third-order valence-corrected chi connectivity index (χ3v) is 3.92. The van der Waals surface area contributed by atoms with Crippen molar-refractivity contribution in [2.45, 2.75) is 13.0 Å². The van der Waals surface area contributed by atoms with Gasteiger partial charge in [-0.25, -0.2) is 8.42 Å². The van der Waals surface area contributed by atoms with Crippen LogP contribution in [-0.4, -0.2) is 32.5 Å². The van der Waals surface area contributed by atoms with Crippen LogP contribution in [0.25, 0.3) is 0 Å². The zero-order valence-corrected chi connectivity index (χ0v) is 8.94. The van der Waals surface area contributed by atoms with E-state index in [9.17, 15) is 13.2 Å². The molecule has 1 heterocycles. The van der Waals surface area contributed by atoms with Crippen LogP contribution >= 0.6 is 11.8 Å². The molecule has 0 spiro atoms. The molecule has 1 atom stereocenters. The maximum absolute atomic E-state index is 11.1. The summed E-state index contributed by atoms with van der Waals surface area (Å²) in [6.07, 6.45) is 1.15. The lowest BCUT2D eigenvalue weighted by Gasteiger charge is -2.11. The van der Waals surface area contributed by atoms with E-state index in [1.807, 2.05) is 0 Å². The number of ether oxygens (including phenoxy) is 1. The highest BCUT2D eigenvalue weighted by atomic mass is 32.2. The van der Waals surface area contributed by atoms with E-state index in [-0.39, 0.29) is 5.75 Å². The number of sulfone groups is 1. The fourth-order valence-electron chi connectivity index (χ4n) is 1.07. The quantitative estimate of drug-likeness (QED) is 0.639. The minimum atomic E-state index is -3.16. The number of hydrogen-bond donors (Lipinski definition) is 0. The molecule has 74 valence electrons. The van der Waals surface area contributed by atoms with Gasteiger partial charge < -0.3 is 4.74 Å². The van der Waals surface area contributed by atoms with Gasteiger partial charge in [0, 0.05) is 17.2 Å². The van der Waals surface area contributed by atoms with E-state index in [1.54, 1.807) is 6.26 Å². The van der Waals surface area contributed by atoms with E-state index < -0.39 is 21.9 Å². The third kappa shape index (κ3) is 2.73. The van der Waals surface area contributed by atoms with Crippen LogP contribution in [0.4, 0.5) is 0 Å². The molecule has 1 rings (SSSR count). The van der Waals surface area contributed by atoms with E-state index in [0.717, 1.165) is 0 Å². The second kappa shape index (κ2) is 3.71. The second-order valence-electron chi connectivity index (χ2n) is 2.65. The first-order valence-electron chi connectivity index (χ1n) is 3.60. The van der Waals surface area contributed by atoms with Crippen LogP contribution in [0.2, 0.25) is 0 Å². The van der Waals surface area contributed by atoms with Crippen molar-refractivity contribution < 1.29 is 17.9 Å². The van der Waals surface area contributed by atoms with Crippen molar-refractivity contribution >= 4 is 27.6 Å². The smallest absolute Gasteiger partial charge is 0.303 e. The van der Waals surface area contributed by atoms with Gasteiger partial charge in [-0.05, 0) is 6.26 Å². The highest BCUT2D eigenvalue weighted by Crippen LogP contribution is 2.28. The van der Waals surface area contributed by atoms with Crippen molar-refractivity contribution in [2.24, 2.45) is 0 Å². The molecule has 1 aliphatic rings. The molecule has 0 aromatic rings. The Balaban J connectivity index is 2.81. The number of carbonyl (C=O) groups is 1. The Kier molecular flexibility index (Phi) is 3.02. The monoisotopic (exact) mass is 222 g/mol. The minimum Gasteiger partial charge on any atom is -0.456 e. The van der Waals surface area contributed by atoms with Crippen LogP contribution in [0.1, 0.15) is 6.92 Å². The van der Waals surface area contributed by atoms with Crippen molar-refractivity contribution in [2.75, 3.05) is 12.0 Å². The van der Waals surface area contributed by atoms with E-state index in [1.165, 1.54) is 24.1 Å². The first-order valence-corrected chi connectivity index (χ1v) is 6.54. The lowest BCUT2D eigenvalue weighted by molar-refractivity contribution is -0.143. The lowest BCUT2D eigenvalue weighted by Crippen LogP contribution is -2.20. The zero-order chi connectivity index (χ0) is 10.1. The molecule has 0 saturated carbocycles. The third-order valence-electron chi connectivity index (χ3n) is 1.54. The molecule has 0 saturated heterocycles. The van der Waals surface area contributed by atoms with Gasteiger partial charge in [-0.15, -0.1) is 11.8 Å². The summed E-state index contributed by atoms with van der Waals surface area (Å²) in [5.41, 5.74) is 0. The highest BCUT2D eigenvalue weighted by Gasteiger charge is 2.31. The molecule has 0 aliphatic carbocycles. The molecule has 6 heteroatoms. The molecule has 0 bridgehead atoms. The summed E-state index contributed by atoms with van der Waals surface area (Å²) in [5.74, 6) is -0.579. The largest absolute Gasteiger partial charge is 0.456 e. The Morgan fingerprint density at radius 1 is 1.69 bits per heavy atom. The predicted octanol–water partition coefficient (Wildman–Crippen LogP) is 0.551. The van der Waals surface area contributed by atoms with Crippen molar-refractivity contribution in [3.8, 4) is 0 Å². The molecule has 0 unspecified atom stereocenters. The van der Waals surface area contributed by atoms with Crippen LogP contribution in [0.15, 0.2) is 10.3 Å². The van der Waals surface area contributed by atoms with Gasteiger partial charge in [0.25, 0.3) is 0 Å². The molecule has 4 nitrogen and oxygen atoms in total. The van der Waals surface area contributed by atoms with Crippen LogP contribution < -0.4 is 0 Å². The molecule has 0 fully saturated rings. The van der Waals surface area contributed by atoms with Gasteiger partial charge in [0.05, 0.1) is 5.75 Å². The molecule has 1 aliphatic heterocycles. The summed E-state index contributed by atoms with van der Waals surface area (Å²) in [5, 5.41) is 1.17. The SMILES string of the molecule is CSC1=CS(=O)(=O)C[C@@H]1OC(C)=O. The molecule has 0 aromatic carbocycles. The van der Waals surface area contributed by atoms with Crippen LogP contribution in [0, 0.1) is 0 Å². The van der Waals surface area contributed by atoms with E-state index in [4.69, 9.17) is 4.74 Å². The number of hydrogen-bond acceptors (Lipinski definition) is 5. The van der Waals surface area contributed by atoms with Crippen molar-refractivity contribution in [3.05, 3.63) is 10.3 Å². The molecule has 0 radical (unpaired) electrons. The van der Waals surface area contributed by atoms with Gasteiger partial charge in [-0.2, -0.15) is 0 Å². The Hall–Kier alpha value is -0.490. The summed E-state index contributed by atoms with van der Waals surface area (Å²) in [6, 6.07) is 0. The Labute approximate surface area is 81.3 Å². The van der Waals surface area contributed by atoms with Gasteiger partial charge in [-0.1, -0.05) is 0 Å². The first-order chi connectivity index (χ1) is 5.94. The Morgan fingerprint density at radius 3 is 2.77 bits per heavy atom. The van der Waals surface area contributed by atoms with Crippen LogP contribution in [0.3, 0.4) is 0 Å². The highest BCUT2D eigenvalue weighted by molar-refractivity contribution is 8.04. The topological polar surface area (TPSA) is 60.4 Å². The fourth-order valence-corrected chi connectivity index (χ4v) is 3.66. The average Bonchev–Trinajstić information content (AvgIpc) is 2.24. The standard InChI is InChI=1S/C7H10O4S2/c1-5(8)11-6-3-13(9,10)4-7(6)12-2/h4,6H,3H2,1-2H3/t6-/m0/s1. The summed E-state index contributed by atoms with van der Waals surface area (Å²) < 4.78 is 27.1. The van der Waals surface area contributed by atoms with Crippen molar-refractivity contribution in [1.82, 2.24) is 0 Å². The Bertz CT molecular complexity index is 342. The molecule has 0 N–H and O–H groups in total. The van der Waals surface area contributed by atoms with Gasteiger partial charge in [0.15, 0.2) is 9.84 Å². The van der Waals surface area contributed by atoms with E-state index in [0.29, 0.717) is 4.91 Å². The number of esters is 1. The number of thioether (sulfide) groups is 1. The molecular weight excluding hydrogens is 212 g/mol. The number of carbonyl (C=O) groups excluding carboxylic acids is 1. The maximum atomic E-state index is 11.1. The minimum absolute atomic E-state index is 0.122.